The summed E-state index contributed by atoms with van der Waals surface area (Å²) >= 11 is 1.68. The normalized spacial score (nSPS) is 12.6. The topological polar surface area (TPSA) is 46.9 Å². The standard InChI is InChI=1S/C17H25N3OS/c1-6-15-14(9-18-20(15)10-11(2)3)19-17(21)13(5)16-8-7-12(4)22-16/h7-9,11,13H,6,10H2,1-5H3,(H,19,21)/t13-/m1/s1. The van der Waals surface area contributed by atoms with E-state index in [1.54, 1.807) is 17.5 Å². The number of aryl methyl sites for hydroxylation is 1. The maximum absolute atomic E-state index is 12.5. The number of carbonyl (C=O) groups excluding carboxylic acids is 1. The van der Waals surface area contributed by atoms with E-state index in [0.29, 0.717) is 5.92 Å². The quantitative estimate of drug-likeness (QED) is 0.867. The molecule has 0 saturated carbocycles. The molecule has 0 fully saturated rings. The molecule has 0 radical (unpaired) electrons. The van der Waals surface area contributed by atoms with Gasteiger partial charge in [-0.05, 0) is 38.3 Å². The zero-order valence-electron chi connectivity index (χ0n) is 14.0. The van der Waals surface area contributed by atoms with E-state index in [-0.39, 0.29) is 11.8 Å². The average molecular weight is 319 g/mol. The summed E-state index contributed by atoms with van der Waals surface area (Å²) in [5.74, 6) is 0.416. The van der Waals surface area contributed by atoms with Crippen LogP contribution in [-0.4, -0.2) is 15.7 Å². The average Bonchev–Trinajstić information content (AvgIpc) is 3.04. The molecule has 2 rings (SSSR count). The summed E-state index contributed by atoms with van der Waals surface area (Å²) in [6.07, 6.45) is 2.63. The van der Waals surface area contributed by atoms with Gasteiger partial charge in [-0.15, -0.1) is 11.3 Å². The highest BCUT2D eigenvalue weighted by Gasteiger charge is 2.19. The van der Waals surface area contributed by atoms with Crippen LogP contribution >= 0.6 is 11.3 Å². The number of anilines is 1. The van der Waals surface area contributed by atoms with E-state index in [4.69, 9.17) is 0 Å². The van der Waals surface area contributed by atoms with Gasteiger partial charge in [0.25, 0.3) is 0 Å². The van der Waals surface area contributed by atoms with Crippen molar-refractivity contribution in [3.05, 3.63) is 33.8 Å². The maximum Gasteiger partial charge on any atom is 0.232 e. The summed E-state index contributed by atoms with van der Waals surface area (Å²) in [5.41, 5.74) is 1.94. The lowest BCUT2D eigenvalue weighted by molar-refractivity contribution is -0.117. The van der Waals surface area contributed by atoms with Crippen LogP contribution in [-0.2, 0) is 17.8 Å². The Labute approximate surface area is 136 Å². The molecule has 1 N–H and O–H groups in total. The molecule has 0 saturated heterocycles. The van der Waals surface area contributed by atoms with E-state index in [9.17, 15) is 4.79 Å². The van der Waals surface area contributed by atoms with E-state index < -0.39 is 0 Å². The summed E-state index contributed by atoms with van der Waals surface area (Å²) in [4.78, 5) is 14.8. The van der Waals surface area contributed by atoms with Crippen LogP contribution in [0.15, 0.2) is 18.3 Å². The lowest BCUT2D eigenvalue weighted by Crippen LogP contribution is -2.19. The minimum atomic E-state index is -0.142. The molecule has 0 unspecified atom stereocenters. The van der Waals surface area contributed by atoms with Crippen molar-refractivity contribution in [2.24, 2.45) is 5.92 Å². The van der Waals surface area contributed by atoms with Crippen LogP contribution in [0, 0.1) is 12.8 Å². The predicted molar refractivity (Wildman–Crippen MR) is 92.5 cm³/mol. The molecule has 0 aromatic carbocycles. The fourth-order valence-electron chi connectivity index (χ4n) is 2.45. The van der Waals surface area contributed by atoms with Crippen molar-refractivity contribution >= 4 is 22.9 Å². The van der Waals surface area contributed by atoms with E-state index in [1.807, 2.05) is 17.7 Å². The van der Waals surface area contributed by atoms with Crippen molar-refractivity contribution in [2.75, 3.05) is 5.32 Å². The summed E-state index contributed by atoms with van der Waals surface area (Å²) < 4.78 is 2.00. The van der Waals surface area contributed by atoms with Gasteiger partial charge in [-0.1, -0.05) is 20.8 Å². The van der Waals surface area contributed by atoms with Crippen LogP contribution in [0.25, 0.3) is 0 Å². The molecule has 2 heterocycles. The number of carbonyl (C=O) groups is 1. The summed E-state index contributed by atoms with van der Waals surface area (Å²) in [6, 6.07) is 4.09. The van der Waals surface area contributed by atoms with Gasteiger partial charge >= 0.3 is 0 Å². The van der Waals surface area contributed by atoms with E-state index >= 15 is 0 Å². The molecular weight excluding hydrogens is 294 g/mol. The highest BCUT2D eigenvalue weighted by atomic mass is 32.1. The fraction of sp³-hybridized carbons (Fsp3) is 0.529. The molecule has 22 heavy (non-hydrogen) atoms. The van der Waals surface area contributed by atoms with E-state index in [1.165, 1.54) is 4.88 Å². The Morgan fingerprint density at radius 2 is 2.09 bits per heavy atom. The Bertz CT molecular complexity index is 642. The highest BCUT2D eigenvalue weighted by molar-refractivity contribution is 7.12. The lowest BCUT2D eigenvalue weighted by Gasteiger charge is -2.13. The van der Waals surface area contributed by atoms with Crippen LogP contribution in [0.2, 0.25) is 0 Å². The number of aromatic nitrogens is 2. The number of thiophene rings is 1. The van der Waals surface area contributed by atoms with Gasteiger partial charge in [0, 0.05) is 16.3 Å². The Morgan fingerprint density at radius 3 is 2.64 bits per heavy atom. The van der Waals surface area contributed by atoms with Gasteiger partial charge in [0.15, 0.2) is 0 Å². The Morgan fingerprint density at radius 1 is 1.36 bits per heavy atom. The third-order valence-corrected chi connectivity index (χ3v) is 4.84. The van der Waals surface area contributed by atoms with Crippen LogP contribution in [0.3, 0.4) is 0 Å². The van der Waals surface area contributed by atoms with Gasteiger partial charge in [-0.3, -0.25) is 9.48 Å². The Hall–Kier alpha value is -1.62. The SMILES string of the molecule is CCc1c(NC(=O)[C@H](C)c2ccc(C)s2)cnn1CC(C)C. The van der Waals surface area contributed by atoms with Crippen LogP contribution in [0.4, 0.5) is 5.69 Å². The summed E-state index contributed by atoms with van der Waals surface area (Å²) in [6.45, 7) is 11.3. The van der Waals surface area contributed by atoms with Crippen LogP contribution in [0.1, 0.15) is 49.1 Å². The first kappa shape index (κ1) is 16.7. The van der Waals surface area contributed by atoms with Gasteiger partial charge in [0.2, 0.25) is 5.91 Å². The van der Waals surface area contributed by atoms with Gasteiger partial charge < -0.3 is 5.32 Å². The first-order valence-corrected chi connectivity index (χ1v) is 8.65. The van der Waals surface area contributed by atoms with Crippen molar-refractivity contribution in [1.29, 1.82) is 0 Å². The molecule has 0 aliphatic heterocycles. The molecule has 1 amide bonds. The maximum atomic E-state index is 12.5. The second-order valence-corrected chi connectivity index (χ2v) is 7.41. The number of hydrogen-bond acceptors (Lipinski definition) is 3. The molecule has 5 heteroatoms. The number of hydrogen-bond donors (Lipinski definition) is 1. The number of amides is 1. The molecule has 2 aromatic heterocycles. The largest absolute Gasteiger partial charge is 0.323 e. The minimum Gasteiger partial charge on any atom is -0.323 e. The lowest BCUT2D eigenvalue weighted by atomic mass is 10.1. The van der Waals surface area contributed by atoms with Crippen molar-refractivity contribution in [3.63, 3.8) is 0 Å². The van der Waals surface area contributed by atoms with Crippen molar-refractivity contribution in [1.82, 2.24) is 9.78 Å². The van der Waals surface area contributed by atoms with Gasteiger partial charge in [-0.25, -0.2) is 0 Å². The molecular formula is C17H25N3OS. The smallest absolute Gasteiger partial charge is 0.232 e. The van der Waals surface area contributed by atoms with E-state index in [0.717, 1.165) is 29.2 Å². The van der Waals surface area contributed by atoms with Gasteiger partial charge in [-0.2, -0.15) is 5.10 Å². The van der Waals surface area contributed by atoms with Crippen LogP contribution < -0.4 is 5.32 Å². The number of nitrogens with zero attached hydrogens (tertiary/aromatic N) is 2. The molecule has 0 spiro atoms. The second-order valence-electron chi connectivity index (χ2n) is 6.09. The van der Waals surface area contributed by atoms with Crippen molar-refractivity contribution in [3.8, 4) is 0 Å². The van der Waals surface area contributed by atoms with Gasteiger partial charge in [0.05, 0.1) is 23.5 Å². The van der Waals surface area contributed by atoms with Crippen molar-refractivity contribution in [2.45, 2.75) is 53.5 Å². The van der Waals surface area contributed by atoms with Crippen molar-refractivity contribution < 1.29 is 4.79 Å². The Kier molecular flexibility index (Phi) is 5.40. The number of rotatable bonds is 6. The predicted octanol–water partition coefficient (Wildman–Crippen LogP) is 4.21. The Balaban J connectivity index is 2.13. The summed E-state index contributed by atoms with van der Waals surface area (Å²) in [7, 11) is 0. The number of nitrogens with one attached hydrogen (secondary N) is 1. The molecule has 1 atom stereocenters. The highest BCUT2D eigenvalue weighted by Crippen LogP contribution is 2.26. The zero-order chi connectivity index (χ0) is 16.3. The zero-order valence-corrected chi connectivity index (χ0v) is 14.8. The molecule has 4 nitrogen and oxygen atoms in total. The fourth-order valence-corrected chi connectivity index (χ4v) is 3.38. The first-order chi connectivity index (χ1) is 10.4. The first-order valence-electron chi connectivity index (χ1n) is 7.84. The molecule has 0 bridgehead atoms. The second kappa shape index (κ2) is 7.09. The molecule has 0 aliphatic carbocycles. The summed E-state index contributed by atoms with van der Waals surface area (Å²) in [5, 5.41) is 7.47. The van der Waals surface area contributed by atoms with E-state index in [2.05, 4.69) is 44.2 Å². The monoisotopic (exact) mass is 319 g/mol. The molecule has 2 aromatic rings. The van der Waals surface area contributed by atoms with Gasteiger partial charge in [0.1, 0.15) is 0 Å². The van der Waals surface area contributed by atoms with Crippen LogP contribution in [0.5, 0.6) is 0 Å². The minimum absolute atomic E-state index is 0.0284. The third kappa shape index (κ3) is 3.77. The third-order valence-electron chi connectivity index (χ3n) is 3.66. The molecule has 0 aliphatic rings. The molecule has 120 valence electrons.